The predicted octanol–water partition coefficient (Wildman–Crippen LogP) is 2.67. The van der Waals surface area contributed by atoms with Gasteiger partial charge in [0.15, 0.2) is 0 Å². The van der Waals surface area contributed by atoms with Gasteiger partial charge in [-0.05, 0) is 31.2 Å². The lowest BCUT2D eigenvalue weighted by atomic mass is 10.1. The Morgan fingerprint density at radius 3 is 2.62 bits per heavy atom. The molecule has 4 nitrogen and oxygen atoms in total. The van der Waals surface area contributed by atoms with Gasteiger partial charge in [0.25, 0.3) is 11.8 Å². The second-order valence-corrected chi connectivity index (χ2v) is 5.58. The number of para-hydroxylation sites is 1. The third-order valence-corrected chi connectivity index (χ3v) is 3.73. The number of hydrogen-bond acceptors (Lipinski definition) is 3. The standard InChI is InChI=1S/C16H14N2O2S/c1-3-10-17-15(19)12-6-4-5-7-13(12)18-16(20)14-9-8-11(2)21-14/h1,4-9H,10H2,2H3,(H,17,19)(H,18,20). The summed E-state index contributed by atoms with van der Waals surface area (Å²) < 4.78 is 0. The molecule has 0 radical (unpaired) electrons. The highest BCUT2D eigenvalue weighted by Crippen LogP contribution is 2.19. The monoisotopic (exact) mass is 298 g/mol. The molecule has 1 aromatic heterocycles. The molecular weight excluding hydrogens is 284 g/mol. The van der Waals surface area contributed by atoms with E-state index in [1.54, 1.807) is 30.3 Å². The summed E-state index contributed by atoms with van der Waals surface area (Å²) in [6.07, 6.45) is 5.12. The van der Waals surface area contributed by atoms with Crippen LogP contribution in [0.1, 0.15) is 24.9 Å². The Morgan fingerprint density at radius 1 is 1.19 bits per heavy atom. The number of benzene rings is 1. The molecule has 2 N–H and O–H groups in total. The largest absolute Gasteiger partial charge is 0.341 e. The van der Waals surface area contributed by atoms with Gasteiger partial charge >= 0.3 is 0 Å². The van der Waals surface area contributed by atoms with Crippen molar-refractivity contribution in [1.82, 2.24) is 5.32 Å². The molecule has 2 rings (SSSR count). The second-order valence-electron chi connectivity index (χ2n) is 4.30. The molecule has 0 bridgehead atoms. The molecule has 1 aromatic carbocycles. The summed E-state index contributed by atoms with van der Waals surface area (Å²) in [5, 5.41) is 5.34. The molecule has 0 unspecified atom stereocenters. The molecule has 2 amide bonds. The fourth-order valence-corrected chi connectivity index (χ4v) is 2.52. The lowest BCUT2D eigenvalue weighted by Crippen LogP contribution is -2.25. The fourth-order valence-electron chi connectivity index (χ4n) is 1.76. The average Bonchev–Trinajstić information content (AvgIpc) is 2.92. The smallest absolute Gasteiger partial charge is 0.265 e. The van der Waals surface area contributed by atoms with Gasteiger partial charge in [-0.25, -0.2) is 0 Å². The Balaban J connectivity index is 2.19. The van der Waals surface area contributed by atoms with Crippen LogP contribution in [0.15, 0.2) is 36.4 Å². The van der Waals surface area contributed by atoms with Gasteiger partial charge in [0, 0.05) is 4.88 Å². The van der Waals surface area contributed by atoms with Gasteiger partial charge in [0.2, 0.25) is 0 Å². The molecule has 0 fully saturated rings. The van der Waals surface area contributed by atoms with E-state index in [0.29, 0.717) is 16.1 Å². The maximum atomic E-state index is 12.2. The van der Waals surface area contributed by atoms with Crippen LogP contribution >= 0.6 is 11.3 Å². The van der Waals surface area contributed by atoms with Gasteiger partial charge in [-0.15, -0.1) is 17.8 Å². The Kier molecular flexibility index (Phi) is 4.75. The number of amides is 2. The Hall–Kier alpha value is -2.58. The summed E-state index contributed by atoms with van der Waals surface area (Å²) >= 11 is 1.40. The van der Waals surface area contributed by atoms with E-state index in [1.165, 1.54) is 11.3 Å². The maximum Gasteiger partial charge on any atom is 0.265 e. The molecule has 0 aliphatic carbocycles. The van der Waals surface area contributed by atoms with Crippen LogP contribution in [0.3, 0.4) is 0 Å². The van der Waals surface area contributed by atoms with Gasteiger partial charge in [-0.3, -0.25) is 9.59 Å². The highest BCUT2D eigenvalue weighted by atomic mass is 32.1. The van der Waals surface area contributed by atoms with Crippen molar-refractivity contribution in [3.8, 4) is 12.3 Å². The molecular formula is C16H14N2O2S. The van der Waals surface area contributed by atoms with Crippen molar-refractivity contribution in [3.05, 3.63) is 51.7 Å². The number of aryl methyl sites for hydroxylation is 1. The molecule has 2 aromatic rings. The van der Waals surface area contributed by atoms with E-state index < -0.39 is 0 Å². The van der Waals surface area contributed by atoms with Crippen molar-refractivity contribution in [2.75, 3.05) is 11.9 Å². The number of rotatable bonds is 4. The molecule has 0 aliphatic heterocycles. The number of terminal acetylenes is 1. The fraction of sp³-hybridized carbons (Fsp3) is 0.125. The minimum Gasteiger partial charge on any atom is -0.341 e. The van der Waals surface area contributed by atoms with E-state index >= 15 is 0 Å². The van der Waals surface area contributed by atoms with E-state index in [9.17, 15) is 9.59 Å². The summed E-state index contributed by atoms with van der Waals surface area (Å²) in [7, 11) is 0. The number of thiophene rings is 1. The first-order valence-electron chi connectivity index (χ1n) is 6.30. The molecule has 0 spiro atoms. The maximum absolute atomic E-state index is 12.2. The summed E-state index contributed by atoms with van der Waals surface area (Å²) in [6, 6.07) is 10.5. The van der Waals surface area contributed by atoms with Crippen LogP contribution in [0.25, 0.3) is 0 Å². The summed E-state index contributed by atoms with van der Waals surface area (Å²) in [4.78, 5) is 25.8. The van der Waals surface area contributed by atoms with Crippen LogP contribution < -0.4 is 10.6 Å². The van der Waals surface area contributed by atoms with Crippen molar-refractivity contribution in [3.63, 3.8) is 0 Å². The third-order valence-electron chi connectivity index (χ3n) is 2.74. The number of carbonyl (C=O) groups is 2. The van der Waals surface area contributed by atoms with E-state index in [4.69, 9.17) is 6.42 Å². The predicted molar refractivity (Wildman–Crippen MR) is 84.6 cm³/mol. The average molecular weight is 298 g/mol. The van der Waals surface area contributed by atoms with E-state index in [0.717, 1.165) is 4.88 Å². The first kappa shape index (κ1) is 14.8. The Bertz CT molecular complexity index is 713. The second kappa shape index (κ2) is 6.73. The molecule has 0 aliphatic rings. The van der Waals surface area contributed by atoms with Crippen molar-refractivity contribution in [1.29, 1.82) is 0 Å². The third kappa shape index (κ3) is 3.71. The molecule has 106 valence electrons. The zero-order valence-electron chi connectivity index (χ0n) is 11.5. The van der Waals surface area contributed by atoms with Crippen LogP contribution in [0, 0.1) is 19.3 Å². The minimum atomic E-state index is -0.314. The van der Waals surface area contributed by atoms with Crippen LogP contribution in [-0.4, -0.2) is 18.4 Å². The van der Waals surface area contributed by atoms with Gasteiger partial charge in [-0.2, -0.15) is 0 Å². The zero-order valence-corrected chi connectivity index (χ0v) is 12.3. The van der Waals surface area contributed by atoms with Crippen molar-refractivity contribution in [2.45, 2.75) is 6.92 Å². The Morgan fingerprint density at radius 2 is 1.95 bits per heavy atom. The molecule has 0 saturated carbocycles. The van der Waals surface area contributed by atoms with Crippen LogP contribution in [0.2, 0.25) is 0 Å². The van der Waals surface area contributed by atoms with Gasteiger partial charge in [-0.1, -0.05) is 18.1 Å². The number of hydrogen-bond donors (Lipinski definition) is 2. The molecule has 1 heterocycles. The van der Waals surface area contributed by atoms with Crippen molar-refractivity contribution in [2.24, 2.45) is 0 Å². The first-order chi connectivity index (χ1) is 10.1. The van der Waals surface area contributed by atoms with Gasteiger partial charge in [0.1, 0.15) is 0 Å². The van der Waals surface area contributed by atoms with E-state index in [2.05, 4.69) is 16.6 Å². The van der Waals surface area contributed by atoms with Gasteiger partial charge < -0.3 is 10.6 Å². The summed E-state index contributed by atoms with van der Waals surface area (Å²) in [5.74, 6) is 1.79. The van der Waals surface area contributed by atoms with Crippen LogP contribution in [0.4, 0.5) is 5.69 Å². The number of anilines is 1. The number of carbonyl (C=O) groups excluding carboxylic acids is 2. The summed E-state index contributed by atoms with van der Waals surface area (Å²) in [5.41, 5.74) is 0.845. The van der Waals surface area contributed by atoms with Gasteiger partial charge in [0.05, 0.1) is 22.7 Å². The normalized spacial score (nSPS) is 9.71. The van der Waals surface area contributed by atoms with Crippen molar-refractivity contribution < 1.29 is 9.59 Å². The molecule has 5 heteroatoms. The zero-order chi connectivity index (χ0) is 15.2. The lowest BCUT2D eigenvalue weighted by Gasteiger charge is -2.09. The lowest BCUT2D eigenvalue weighted by molar-refractivity contribution is 0.0959. The highest BCUT2D eigenvalue weighted by molar-refractivity contribution is 7.14. The topological polar surface area (TPSA) is 58.2 Å². The van der Waals surface area contributed by atoms with Crippen LogP contribution in [0.5, 0.6) is 0 Å². The Labute approximate surface area is 127 Å². The molecule has 0 atom stereocenters. The molecule has 21 heavy (non-hydrogen) atoms. The van der Waals surface area contributed by atoms with Crippen LogP contribution in [-0.2, 0) is 0 Å². The number of nitrogens with one attached hydrogen (secondary N) is 2. The SMILES string of the molecule is C#CCNC(=O)c1ccccc1NC(=O)c1ccc(C)s1. The van der Waals surface area contributed by atoms with E-state index in [-0.39, 0.29) is 18.4 Å². The van der Waals surface area contributed by atoms with E-state index in [1.807, 2.05) is 13.0 Å². The first-order valence-corrected chi connectivity index (χ1v) is 7.12. The quantitative estimate of drug-likeness (QED) is 0.853. The van der Waals surface area contributed by atoms with Crippen molar-refractivity contribution >= 4 is 28.8 Å². The summed E-state index contributed by atoms with van der Waals surface area (Å²) in [6.45, 7) is 2.08. The highest BCUT2D eigenvalue weighted by Gasteiger charge is 2.14. The molecule has 0 saturated heterocycles. The minimum absolute atomic E-state index is 0.144.